The molecule has 1 aliphatic heterocycles. The fourth-order valence-electron chi connectivity index (χ4n) is 3.12. The van der Waals surface area contributed by atoms with E-state index in [2.05, 4.69) is 18.7 Å². The Hall–Kier alpha value is 0.190. The number of rotatable bonds is 9. The van der Waals surface area contributed by atoms with Crippen LogP contribution in [-0.4, -0.2) is 69.0 Å². The predicted molar refractivity (Wildman–Crippen MR) is 87.5 cm³/mol. The molecule has 0 radical (unpaired) electrons. The van der Waals surface area contributed by atoms with Gasteiger partial charge < -0.3 is 15.2 Å². The molecule has 0 aromatic heterocycles. The lowest BCUT2D eigenvalue weighted by atomic mass is 9.69. The van der Waals surface area contributed by atoms with Crippen LogP contribution >= 0.6 is 11.8 Å². The highest BCUT2D eigenvalue weighted by atomic mass is 32.2. The Bertz CT molecular complexity index is 277. The van der Waals surface area contributed by atoms with Gasteiger partial charge in [-0.3, -0.25) is 4.90 Å². The van der Waals surface area contributed by atoms with Gasteiger partial charge in [0.15, 0.2) is 0 Å². The average Bonchev–Trinajstić information content (AvgIpc) is 2.43. The predicted octanol–water partition coefficient (Wildman–Crippen LogP) is 1.83. The minimum absolute atomic E-state index is 0.0716. The topological polar surface area (TPSA) is 47.7 Å². The molecule has 120 valence electrons. The van der Waals surface area contributed by atoms with E-state index < -0.39 is 0 Å². The second-order valence-electron chi connectivity index (χ2n) is 6.25. The number of hydrogen-bond acceptors (Lipinski definition) is 5. The van der Waals surface area contributed by atoms with Crippen LogP contribution < -0.4 is 5.73 Å². The first-order chi connectivity index (χ1) is 9.54. The summed E-state index contributed by atoms with van der Waals surface area (Å²) in [4.78, 5) is 2.56. The fraction of sp³-hybridized carbons (Fsp3) is 1.00. The Morgan fingerprint density at radius 1 is 1.15 bits per heavy atom. The molecular weight excluding hydrogens is 272 g/mol. The number of methoxy groups -OCH3 is 2. The molecule has 0 saturated carbocycles. The molecule has 4 nitrogen and oxygen atoms in total. The molecule has 0 aromatic rings. The summed E-state index contributed by atoms with van der Waals surface area (Å²) < 4.78 is 10.5. The molecule has 0 bridgehead atoms. The minimum atomic E-state index is 0.0716. The van der Waals surface area contributed by atoms with Crippen molar-refractivity contribution >= 4 is 11.8 Å². The van der Waals surface area contributed by atoms with Crippen molar-refractivity contribution < 1.29 is 9.47 Å². The summed E-state index contributed by atoms with van der Waals surface area (Å²) in [5, 5.41) is 0. The summed E-state index contributed by atoms with van der Waals surface area (Å²) in [6.07, 6.45) is 2.27. The fourth-order valence-corrected chi connectivity index (χ4v) is 4.95. The van der Waals surface area contributed by atoms with E-state index >= 15 is 0 Å². The zero-order valence-electron chi connectivity index (χ0n) is 13.6. The summed E-state index contributed by atoms with van der Waals surface area (Å²) in [5.74, 6) is 2.36. The van der Waals surface area contributed by atoms with Gasteiger partial charge in [0.05, 0.1) is 6.61 Å². The molecule has 0 aromatic carbocycles. The summed E-state index contributed by atoms with van der Waals surface area (Å²) >= 11 is 2.04. The molecule has 1 saturated heterocycles. The summed E-state index contributed by atoms with van der Waals surface area (Å²) in [5.41, 5.74) is 6.58. The molecule has 1 aliphatic rings. The van der Waals surface area contributed by atoms with Crippen molar-refractivity contribution in [2.24, 2.45) is 11.1 Å². The molecule has 1 atom stereocenters. The Morgan fingerprint density at radius 3 is 2.40 bits per heavy atom. The van der Waals surface area contributed by atoms with E-state index in [1.807, 2.05) is 11.8 Å². The number of ether oxygens (including phenoxy) is 2. The molecule has 0 spiro atoms. The minimum Gasteiger partial charge on any atom is -0.385 e. The van der Waals surface area contributed by atoms with Crippen molar-refractivity contribution in [3.63, 3.8) is 0 Å². The van der Waals surface area contributed by atoms with Crippen LogP contribution in [0, 0.1) is 5.41 Å². The van der Waals surface area contributed by atoms with Crippen LogP contribution in [0.15, 0.2) is 0 Å². The van der Waals surface area contributed by atoms with Gasteiger partial charge in [0, 0.05) is 51.8 Å². The maximum atomic E-state index is 6.26. The first-order valence-corrected chi connectivity index (χ1v) is 8.70. The SMILES string of the molecule is COCCCN(CCOC)C1(CN)CSCCC1(C)C. The molecule has 5 heteroatoms. The number of hydrogen-bond donors (Lipinski definition) is 1. The first-order valence-electron chi connectivity index (χ1n) is 7.55. The van der Waals surface area contributed by atoms with Crippen LogP contribution in [0.2, 0.25) is 0 Å². The molecule has 1 fully saturated rings. The Labute approximate surface area is 128 Å². The third kappa shape index (κ3) is 4.10. The van der Waals surface area contributed by atoms with Crippen molar-refractivity contribution in [1.29, 1.82) is 0 Å². The summed E-state index contributed by atoms with van der Waals surface area (Å²) in [6, 6.07) is 0. The van der Waals surface area contributed by atoms with E-state index in [1.165, 1.54) is 12.2 Å². The summed E-state index contributed by atoms with van der Waals surface area (Å²) in [7, 11) is 3.53. The highest BCUT2D eigenvalue weighted by molar-refractivity contribution is 7.99. The van der Waals surface area contributed by atoms with Gasteiger partial charge in [-0.1, -0.05) is 13.8 Å². The summed E-state index contributed by atoms with van der Waals surface area (Å²) in [6.45, 7) is 8.99. The van der Waals surface area contributed by atoms with Gasteiger partial charge in [-0.05, 0) is 24.0 Å². The van der Waals surface area contributed by atoms with Gasteiger partial charge >= 0.3 is 0 Å². The third-order valence-electron chi connectivity index (χ3n) is 4.76. The van der Waals surface area contributed by atoms with Crippen LogP contribution in [-0.2, 0) is 9.47 Å². The standard InChI is InChI=1S/C15H32N2O2S/c1-14(2)6-11-20-13-15(14,12-16)17(8-10-19-4)7-5-9-18-3/h5-13,16H2,1-4H3. The van der Waals surface area contributed by atoms with E-state index in [1.54, 1.807) is 14.2 Å². The van der Waals surface area contributed by atoms with Gasteiger partial charge in [-0.25, -0.2) is 0 Å². The molecule has 2 N–H and O–H groups in total. The highest BCUT2D eigenvalue weighted by Crippen LogP contribution is 2.45. The van der Waals surface area contributed by atoms with Crippen LogP contribution in [0.4, 0.5) is 0 Å². The normalized spacial score (nSPS) is 26.1. The molecule has 1 heterocycles. The second kappa shape index (κ2) is 8.59. The van der Waals surface area contributed by atoms with E-state index in [0.717, 1.165) is 38.5 Å². The highest BCUT2D eigenvalue weighted by Gasteiger charge is 2.49. The molecule has 20 heavy (non-hydrogen) atoms. The van der Waals surface area contributed by atoms with Crippen molar-refractivity contribution in [2.45, 2.75) is 32.2 Å². The zero-order valence-corrected chi connectivity index (χ0v) is 14.4. The number of thioether (sulfide) groups is 1. The molecule has 0 aliphatic carbocycles. The van der Waals surface area contributed by atoms with E-state index in [9.17, 15) is 0 Å². The van der Waals surface area contributed by atoms with Crippen LogP contribution in [0.3, 0.4) is 0 Å². The molecule has 1 unspecified atom stereocenters. The Morgan fingerprint density at radius 2 is 1.85 bits per heavy atom. The average molecular weight is 305 g/mol. The second-order valence-corrected chi connectivity index (χ2v) is 7.35. The first kappa shape index (κ1) is 18.2. The van der Waals surface area contributed by atoms with E-state index in [-0.39, 0.29) is 11.0 Å². The van der Waals surface area contributed by atoms with Gasteiger partial charge in [0.25, 0.3) is 0 Å². The monoisotopic (exact) mass is 304 g/mol. The van der Waals surface area contributed by atoms with Crippen molar-refractivity contribution in [2.75, 3.05) is 58.6 Å². The number of nitrogens with two attached hydrogens (primary N) is 1. The Kier molecular flexibility index (Phi) is 7.83. The zero-order chi connectivity index (χ0) is 15.1. The van der Waals surface area contributed by atoms with Crippen molar-refractivity contribution in [1.82, 2.24) is 4.90 Å². The lowest BCUT2D eigenvalue weighted by molar-refractivity contribution is -0.0161. The maximum absolute atomic E-state index is 6.26. The molecular formula is C15H32N2O2S. The van der Waals surface area contributed by atoms with Crippen LogP contribution in [0.5, 0.6) is 0 Å². The molecule has 1 rings (SSSR count). The van der Waals surface area contributed by atoms with Crippen molar-refractivity contribution in [3.05, 3.63) is 0 Å². The van der Waals surface area contributed by atoms with Gasteiger partial charge in [0.1, 0.15) is 0 Å². The smallest absolute Gasteiger partial charge is 0.0589 e. The van der Waals surface area contributed by atoms with Gasteiger partial charge in [0.2, 0.25) is 0 Å². The van der Waals surface area contributed by atoms with Gasteiger partial charge in [-0.15, -0.1) is 0 Å². The van der Waals surface area contributed by atoms with E-state index in [0.29, 0.717) is 6.54 Å². The number of nitrogens with zero attached hydrogens (tertiary/aromatic N) is 1. The van der Waals surface area contributed by atoms with Crippen LogP contribution in [0.25, 0.3) is 0 Å². The van der Waals surface area contributed by atoms with E-state index in [4.69, 9.17) is 15.2 Å². The van der Waals surface area contributed by atoms with Gasteiger partial charge in [-0.2, -0.15) is 11.8 Å². The molecule has 0 amide bonds. The Balaban J connectivity index is 2.86. The third-order valence-corrected chi connectivity index (χ3v) is 5.93. The maximum Gasteiger partial charge on any atom is 0.0589 e. The largest absolute Gasteiger partial charge is 0.385 e. The van der Waals surface area contributed by atoms with Crippen LogP contribution in [0.1, 0.15) is 26.7 Å². The lowest BCUT2D eigenvalue weighted by Gasteiger charge is -2.55. The quantitative estimate of drug-likeness (QED) is 0.659. The van der Waals surface area contributed by atoms with Crippen molar-refractivity contribution in [3.8, 4) is 0 Å². The lowest BCUT2D eigenvalue weighted by Crippen LogP contribution is -2.66.